The van der Waals surface area contributed by atoms with Gasteiger partial charge in [0.15, 0.2) is 0 Å². The van der Waals surface area contributed by atoms with Crippen molar-refractivity contribution in [3.63, 3.8) is 0 Å². The predicted molar refractivity (Wildman–Crippen MR) is 76.6 cm³/mol. The minimum absolute atomic E-state index is 0.208. The largest absolute Gasteiger partial charge is 0.465 e. The van der Waals surface area contributed by atoms with Crippen LogP contribution < -0.4 is 10.6 Å². The summed E-state index contributed by atoms with van der Waals surface area (Å²) in [5.74, 6) is 0.469. The second-order valence-corrected chi connectivity index (χ2v) is 5.74. The van der Waals surface area contributed by atoms with Crippen LogP contribution >= 0.6 is 0 Å². The number of carbonyl (C=O) groups is 1. The standard InChI is InChI=1S/C15H20N2O3/c1-20-15(19)11-6-10(16)3-4-13(11)17-7-9-2-5-14(18)12(9)8-17/h3-4,6,9,12,14,18H,2,5,7-8,16H2,1H3. The highest BCUT2D eigenvalue weighted by molar-refractivity contribution is 5.97. The van der Waals surface area contributed by atoms with Crippen molar-refractivity contribution in [1.82, 2.24) is 0 Å². The zero-order chi connectivity index (χ0) is 14.3. The molecule has 3 rings (SSSR count). The maximum Gasteiger partial charge on any atom is 0.340 e. The number of rotatable bonds is 2. The lowest BCUT2D eigenvalue weighted by molar-refractivity contribution is 0.0601. The molecule has 1 aliphatic heterocycles. The Morgan fingerprint density at radius 2 is 2.20 bits per heavy atom. The average Bonchev–Trinajstić information content (AvgIpc) is 3.00. The summed E-state index contributed by atoms with van der Waals surface area (Å²) in [6.45, 7) is 1.68. The van der Waals surface area contributed by atoms with E-state index in [1.165, 1.54) is 7.11 Å². The Balaban J connectivity index is 1.89. The summed E-state index contributed by atoms with van der Waals surface area (Å²) < 4.78 is 4.84. The molecule has 20 heavy (non-hydrogen) atoms. The van der Waals surface area contributed by atoms with Crippen LogP contribution in [0.5, 0.6) is 0 Å². The van der Waals surface area contributed by atoms with Gasteiger partial charge in [-0.25, -0.2) is 4.79 Å². The number of methoxy groups -OCH3 is 1. The number of ether oxygens (including phenoxy) is 1. The Bertz CT molecular complexity index is 532. The average molecular weight is 276 g/mol. The van der Waals surface area contributed by atoms with E-state index >= 15 is 0 Å². The molecule has 3 unspecified atom stereocenters. The molecule has 2 fully saturated rings. The first-order chi connectivity index (χ1) is 9.60. The van der Waals surface area contributed by atoms with E-state index in [9.17, 15) is 9.90 Å². The number of hydrogen-bond donors (Lipinski definition) is 2. The van der Waals surface area contributed by atoms with Gasteiger partial charge in [-0.05, 0) is 37.0 Å². The summed E-state index contributed by atoms with van der Waals surface area (Å²) in [5.41, 5.74) is 7.67. The van der Waals surface area contributed by atoms with E-state index in [-0.39, 0.29) is 12.1 Å². The van der Waals surface area contributed by atoms with Gasteiger partial charge in [0.05, 0.1) is 24.5 Å². The molecule has 1 aliphatic carbocycles. The highest BCUT2D eigenvalue weighted by Crippen LogP contribution is 2.40. The van der Waals surface area contributed by atoms with Gasteiger partial charge in [-0.1, -0.05) is 0 Å². The summed E-state index contributed by atoms with van der Waals surface area (Å²) in [7, 11) is 1.37. The lowest BCUT2D eigenvalue weighted by Gasteiger charge is -2.23. The van der Waals surface area contributed by atoms with Crippen molar-refractivity contribution in [2.45, 2.75) is 18.9 Å². The van der Waals surface area contributed by atoms with Gasteiger partial charge in [0.25, 0.3) is 0 Å². The molecule has 5 heteroatoms. The molecule has 1 aromatic carbocycles. The summed E-state index contributed by atoms with van der Waals surface area (Å²) in [6.07, 6.45) is 1.75. The van der Waals surface area contributed by atoms with Crippen molar-refractivity contribution in [2.24, 2.45) is 11.8 Å². The molecule has 1 aromatic rings. The molecule has 0 radical (unpaired) electrons. The fourth-order valence-electron chi connectivity index (χ4n) is 3.54. The number of nitrogens with two attached hydrogens (primary N) is 1. The lowest BCUT2D eigenvalue weighted by atomic mass is 10.00. The monoisotopic (exact) mass is 276 g/mol. The Kier molecular flexibility index (Phi) is 3.30. The fraction of sp³-hybridized carbons (Fsp3) is 0.533. The number of nitrogen functional groups attached to an aromatic ring is 1. The molecule has 5 nitrogen and oxygen atoms in total. The Morgan fingerprint density at radius 1 is 1.40 bits per heavy atom. The molecule has 108 valence electrons. The van der Waals surface area contributed by atoms with E-state index in [0.29, 0.717) is 23.1 Å². The number of aliphatic hydroxyl groups excluding tert-OH is 1. The molecule has 2 aliphatic rings. The van der Waals surface area contributed by atoms with Gasteiger partial charge in [0.2, 0.25) is 0 Å². The quantitative estimate of drug-likeness (QED) is 0.628. The predicted octanol–water partition coefficient (Wildman–Crippen LogP) is 1.26. The molecular formula is C15H20N2O3. The van der Waals surface area contributed by atoms with Crippen LogP contribution in [0.3, 0.4) is 0 Å². The maximum atomic E-state index is 11.9. The van der Waals surface area contributed by atoms with Crippen LogP contribution in [0.1, 0.15) is 23.2 Å². The van der Waals surface area contributed by atoms with Crippen molar-refractivity contribution >= 4 is 17.3 Å². The Morgan fingerprint density at radius 3 is 2.90 bits per heavy atom. The summed E-state index contributed by atoms with van der Waals surface area (Å²) >= 11 is 0. The molecule has 1 heterocycles. The second-order valence-electron chi connectivity index (χ2n) is 5.74. The Labute approximate surface area is 118 Å². The number of nitrogens with zero attached hydrogens (tertiary/aromatic N) is 1. The van der Waals surface area contributed by atoms with Crippen LogP contribution in [0.15, 0.2) is 18.2 Å². The maximum absolute atomic E-state index is 11.9. The third-order valence-corrected chi connectivity index (χ3v) is 4.59. The number of benzene rings is 1. The normalized spacial score (nSPS) is 28.5. The minimum Gasteiger partial charge on any atom is -0.465 e. The van der Waals surface area contributed by atoms with E-state index in [1.807, 2.05) is 6.07 Å². The summed E-state index contributed by atoms with van der Waals surface area (Å²) in [4.78, 5) is 14.1. The van der Waals surface area contributed by atoms with Crippen molar-refractivity contribution in [3.8, 4) is 0 Å². The first kappa shape index (κ1) is 13.2. The van der Waals surface area contributed by atoms with Gasteiger partial charge >= 0.3 is 5.97 Å². The zero-order valence-corrected chi connectivity index (χ0v) is 11.6. The lowest BCUT2D eigenvalue weighted by Crippen LogP contribution is -2.26. The smallest absolute Gasteiger partial charge is 0.340 e. The molecule has 1 saturated carbocycles. The molecule has 0 spiro atoms. The number of fused-ring (bicyclic) bond motifs is 1. The van der Waals surface area contributed by atoms with E-state index in [0.717, 1.165) is 31.6 Å². The highest BCUT2D eigenvalue weighted by atomic mass is 16.5. The van der Waals surface area contributed by atoms with Crippen LogP contribution in [-0.4, -0.2) is 37.4 Å². The first-order valence-electron chi connectivity index (χ1n) is 7.01. The van der Waals surface area contributed by atoms with E-state index in [1.54, 1.807) is 12.1 Å². The van der Waals surface area contributed by atoms with E-state index < -0.39 is 0 Å². The second kappa shape index (κ2) is 4.98. The molecule has 1 saturated heterocycles. The minimum atomic E-state index is -0.370. The van der Waals surface area contributed by atoms with Gasteiger partial charge in [-0.3, -0.25) is 0 Å². The van der Waals surface area contributed by atoms with Crippen LogP contribution in [0.25, 0.3) is 0 Å². The molecule has 0 aromatic heterocycles. The van der Waals surface area contributed by atoms with Crippen LogP contribution in [0, 0.1) is 11.8 Å². The third kappa shape index (κ3) is 2.12. The third-order valence-electron chi connectivity index (χ3n) is 4.59. The van der Waals surface area contributed by atoms with Crippen LogP contribution in [-0.2, 0) is 4.74 Å². The SMILES string of the molecule is COC(=O)c1cc(N)ccc1N1CC2CCC(O)C2C1. The van der Waals surface area contributed by atoms with Gasteiger partial charge in [0, 0.05) is 24.7 Å². The number of aliphatic hydroxyl groups is 1. The van der Waals surface area contributed by atoms with E-state index in [4.69, 9.17) is 10.5 Å². The van der Waals surface area contributed by atoms with E-state index in [2.05, 4.69) is 4.90 Å². The van der Waals surface area contributed by atoms with Crippen LogP contribution in [0.4, 0.5) is 11.4 Å². The topological polar surface area (TPSA) is 75.8 Å². The molecule has 0 bridgehead atoms. The molecule has 0 amide bonds. The zero-order valence-electron chi connectivity index (χ0n) is 11.6. The molecule has 3 atom stereocenters. The number of esters is 1. The van der Waals surface area contributed by atoms with Gasteiger partial charge < -0.3 is 20.5 Å². The van der Waals surface area contributed by atoms with Gasteiger partial charge in [-0.15, -0.1) is 0 Å². The summed E-state index contributed by atoms with van der Waals surface area (Å²) in [5, 5.41) is 9.99. The fourth-order valence-corrected chi connectivity index (χ4v) is 3.54. The molecule has 3 N–H and O–H groups in total. The Hall–Kier alpha value is -1.75. The number of hydrogen-bond acceptors (Lipinski definition) is 5. The number of anilines is 2. The molecular weight excluding hydrogens is 256 g/mol. The van der Waals surface area contributed by atoms with Crippen molar-refractivity contribution in [1.29, 1.82) is 0 Å². The van der Waals surface area contributed by atoms with Gasteiger partial charge in [0.1, 0.15) is 0 Å². The number of carbonyl (C=O) groups excluding carboxylic acids is 1. The van der Waals surface area contributed by atoms with Crippen molar-refractivity contribution in [3.05, 3.63) is 23.8 Å². The van der Waals surface area contributed by atoms with Crippen molar-refractivity contribution < 1.29 is 14.6 Å². The van der Waals surface area contributed by atoms with Gasteiger partial charge in [-0.2, -0.15) is 0 Å². The van der Waals surface area contributed by atoms with Crippen LogP contribution in [0.2, 0.25) is 0 Å². The highest BCUT2D eigenvalue weighted by Gasteiger charge is 2.42. The first-order valence-corrected chi connectivity index (χ1v) is 7.01. The summed E-state index contributed by atoms with van der Waals surface area (Å²) in [6, 6.07) is 5.33. The van der Waals surface area contributed by atoms with Crippen molar-refractivity contribution in [2.75, 3.05) is 30.8 Å².